The molecule has 0 aromatic carbocycles. The van der Waals surface area contributed by atoms with Gasteiger partial charge >= 0.3 is 5.43 Å². The van der Waals surface area contributed by atoms with Gasteiger partial charge < -0.3 is 9.47 Å². The highest BCUT2D eigenvalue weighted by Crippen LogP contribution is 2.12. The SMILES string of the molecule is O=C(Cl)OCC1CCOC1. The maximum atomic E-state index is 10.1. The molecule has 0 amide bonds. The zero-order valence-electron chi connectivity index (χ0n) is 5.51. The Morgan fingerprint density at radius 3 is 3.10 bits per heavy atom. The zero-order valence-corrected chi connectivity index (χ0v) is 6.26. The number of halogens is 1. The summed E-state index contributed by atoms with van der Waals surface area (Å²) in [6, 6.07) is 0. The summed E-state index contributed by atoms with van der Waals surface area (Å²) in [5.74, 6) is 0.350. The van der Waals surface area contributed by atoms with E-state index in [1.807, 2.05) is 0 Å². The quantitative estimate of drug-likeness (QED) is 0.579. The van der Waals surface area contributed by atoms with Crippen molar-refractivity contribution in [2.45, 2.75) is 6.42 Å². The zero-order chi connectivity index (χ0) is 7.40. The number of ether oxygens (including phenoxy) is 2. The van der Waals surface area contributed by atoms with Crippen LogP contribution in [0.25, 0.3) is 0 Å². The summed E-state index contributed by atoms with van der Waals surface area (Å²) in [6.45, 7) is 1.84. The second-order valence-corrected chi connectivity index (χ2v) is 2.59. The smallest absolute Gasteiger partial charge is 0.403 e. The molecule has 0 aliphatic carbocycles. The molecule has 0 radical (unpaired) electrons. The maximum absolute atomic E-state index is 10.1. The van der Waals surface area contributed by atoms with E-state index in [4.69, 9.17) is 16.3 Å². The molecule has 3 nitrogen and oxygen atoms in total. The Kier molecular flexibility index (Phi) is 2.96. The fraction of sp³-hybridized carbons (Fsp3) is 0.833. The molecule has 0 N–H and O–H groups in total. The molecule has 4 heteroatoms. The van der Waals surface area contributed by atoms with Crippen LogP contribution in [0.2, 0.25) is 0 Å². The number of hydrogen-bond acceptors (Lipinski definition) is 3. The molecule has 58 valence electrons. The normalized spacial score (nSPS) is 24.7. The van der Waals surface area contributed by atoms with Gasteiger partial charge in [0, 0.05) is 24.1 Å². The lowest BCUT2D eigenvalue weighted by Gasteiger charge is -2.04. The van der Waals surface area contributed by atoms with E-state index >= 15 is 0 Å². The van der Waals surface area contributed by atoms with Crippen LogP contribution in [-0.2, 0) is 9.47 Å². The summed E-state index contributed by atoms with van der Waals surface area (Å²) in [6.07, 6.45) is 0.962. The first kappa shape index (κ1) is 7.82. The second-order valence-electron chi connectivity index (χ2n) is 2.28. The average molecular weight is 165 g/mol. The Morgan fingerprint density at radius 2 is 2.60 bits per heavy atom. The first-order valence-electron chi connectivity index (χ1n) is 3.19. The van der Waals surface area contributed by atoms with Crippen molar-refractivity contribution in [1.82, 2.24) is 0 Å². The summed E-state index contributed by atoms with van der Waals surface area (Å²) in [7, 11) is 0. The van der Waals surface area contributed by atoms with E-state index < -0.39 is 5.43 Å². The third-order valence-electron chi connectivity index (χ3n) is 1.46. The standard InChI is InChI=1S/C6H9ClO3/c7-6(8)10-4-5-1-2-9-3-5/h5H,1-4H2. The lowest BCUT2D eigenvalue weighted by atomic mass is 10.1. The highest BCUT2D eigenvalue weighted by Gasteiger charge is 2.16. The van der Waals surface area contributed by atoms with Crippen molar-refractivity contribution in [2.24, 2.45) is 5.92 Å². The maximum Gasteiger partial charge on any atom is 0.403 e. The number of carbonyl (C=O) groups is 1. The van der Waals surface area contributed by atoms with Crippen LogP contribution < -0.4 is 0 Å². The van der Waals surface area contributed by atoms with E-state index in [9.17, 15) is 4.79 Å². The molecule has 0 spiro atoms. The Labute approximate surface area is 64.3 Å². The van der Waals surface area contributed by atoms with Crippen molar-refractivity contribution in [3.05, 3.63) is 0 Å². The Hall–Kier alpha value is -0.280. The molecule has 1 atom stereocenters. The van der Waals surface area contributed by atoms with Gasteiger partial charge in [-0.3, -0.25) is 0 Å². The van der Waals surface area contributed by atoms with E-state index in [0.29, 0.717) is 19.1 Å². The van der Waals surface area contributed by atoms with Gasteiger partial charge in [0.05, 0.1) is 13.2 Å². The molecule has 0 saturated carbocycles. The predicted octanol–water partition coefficient (Wildman–Crippen LogP) is 1.40. The van der Waals surface area contributed by atoms with Crippen molar-refractivity contribution in [2.75, 3.05) is 19.8 Å². The highest BCUT2D eigenvalue weighted by atomic mass is 35.5. The van der Waals surface area contributed by atoms with E-state index in [1.54, 1.807) is 0 Å². The van der Waals surface area contributed by atoms with Crippen molar-refractivity contribution >= 4 is 17.0 Å². The average Bonchev–Trinajstić information content (AvgIpc) is 2.34. The van der Waals surface area contributed by atoms with E-state index in [2.05, 4.69) is 4.74 Å². The molecule has 10 heavy (non-hydrogen) atoms. The monoisotopic (exact) mass is 164 g/mol. The summed E-state index contributed by atoms with van der Waals surface area (Å²) in [5, 5.41) is 0. The largest absolute Gasteiger partial charge is 0.453 e. The summed E-state index contributed by atoms with van der Waals surface area (Å²) < 4.78 is 9.63. The first-order valence-corrected chi connectivity index (χ1v) is 3.57. The van der Waals surface area contributed by atoms with E-state index in [0.717, 1.165) is 13.0 Å². The van der Waals surface area contributed by atoms with Gasteiger partial charge in [-0.15, -0.1) is 0 Å². The van der Waals surface area contributed by atoms with Gasteiger partial charge in [-0.2, -0.15) is 0 Å². The van der Waals surface area contributed by atoms with Crippen LogP contribution in [0.5, 0.6) is 0 Å². The molecule has 1 heterocycles. The predicted molar refractivity (Wildman–Crippen MR) is 36.1 cm³/mol. The van der Waals surface area contributed by atoms with Crippen LogP contribution in [0.1, 0.15) is 6.42 Å². The Balaban J connectivity index is 2.07. The van der Waals surface area contributed by atoms with Crippen LogP contribution in [0.15, 0.2) is 0 Å². The fourth-order valence-electron chi connectivity index (χ4n) is 0.898. The number of rotatable bonds is 2. The van der Waals surface area contributed by atoms with Crippen LogP contribution in [0.3, 0.4) is 0 Å². The van der Waals surface area contributed by atoms with E-state index in [1.165, 1.54) is 0 Å². The second kappa shape index (κ2) is 3.78. The van der Waals surface area contributed by atoms with Gasteiger partial charge in [-0.05, 0) is 6.42 Å². The Morgan fingerprint density at radius 1 is 1.80 bits per heavy atom. The lowest BCUT2D eigenvalue weighted by molar-refractivity contribution is 0.135. The van der Waals surface area contributed by atoms with Gasteiger partial charge in [0.2, 0.25) is 0 Å². The van der Waals surface area contributed by atoms with Crippen LogP contribution >= 0.6 is 11.6 Å². The molecule has 0 bridgehead atoms. The van der Waals surface area contributed by atoms with Gasteiger partial charge in [0.1, 0.15) is 0 Å². The highest BCUT2D eigenvalue weighted by molar-refractivity contribution is 6.61. The lowest BCUT2D eigenvalue weighted by Crippen LogP contribution is -2.09. The van der Waals surface area contributed by atoms with Gasteiger partial charge in [0.25, 0.3) is 0 Å². The molecule has 0 aromatic rings. The van der Waals surface area contributed by atoms with E-state index in [-0.39, 0.29) is 0 Å². The van der Waals surface area contributed by atoms with Gasteiger partial charge in [0.15, 0.2) is 0 Å². The van der Waals surface area contributed by atoms with Crippen molar-refractivity contribution in [3.8, 4) is 0 Å². The third kappa shape index (κ3) is 2.54. The van der Waals surface area contributed by atoms with Crippen molar-refractivity contribution in [3.63, 3.8) is 0 Å². The molecule has 1 unspecified atom stereocenters. The minimum absolute atomic E-state index is 0.350. The van der Waals surface area contributed by atoms with Crippen molar-refractivity contribution < 1.29 is 14.3 Å². The van der Waals surface area contributed by atoms with Crippen LogP contribution in [0.4, 0.5) is 4.79 Å². The number of carbonyl (C=O) groups excluding carboxylic acids is 1. The number of hydrogen-bond donors (Lipinski definition) is 0. The molecule has 1 saturated heterocycles. The molecule has 1 aliphatic heterocycles. The minimum atomic E-state index is -0.730. The van der Waals surface area contributed by atoms with Gasteiger partial charge in [-0.25, -0.2) is 4.79 Å². The summed E-state index contributed by atoms with van der Waals surface area (Å²) in [5.41, 5.74) is -0.730. The summed E-state index contributed by atoms with van der Waals surface area (Å²) >= 11 is 4.95. The van der Waals surface area contributed by atoms with Crippen LogP contribution in [-0.4, -0.2) is 25.2 Å². The Bertz CT molecular complexity index is 120. The van der Waals surface area contributed by atoms with Crippen molar-refractivity contribution in [1.29, 1.82) is 0 Å². The third-order valence-corrected chi connectivity index (χ3v) is 1.57. The molecule has 1 aliphatic rings. The minimum Gasteiger partial charge on any atom is -0.453 e. The fourth-order valence-corrected chi connectivity index (χ4v) is 0.961. The molecule has 1 fully saturated rings. The molecule has 1 rings (SSSR count). The first-order chi connectivity index (χ1) is 4.79. The van der Waals surface area contributed by atoms with Crippen LogP contribution in [0, 0.1) is 5.92 Å². The molecular formula is C6H9ClO3. The topological polar surface area (TPSA) is 35.5 Å². The summed E-state index contributed by atoms with van der Waals surface area (Å²) in [4.78, 5) is 10.1. The molecule has 0 aromatic heterocycles. The molecular weight excluding hydrogens is 156 g/mol. The van der Waals surface area contributed by atoms with Gasteiger partial charge in [-0.1, -0.05) is 0 Å².